The van der Waals surface area contributed by atoms with E-state index in [1.165, 1.54) is 19.0 Å². The molecule has 1 heterocycles. The Morgan fingerprint density at radius 2 is 1.94 bits per heavy atom. The van der Waals surface area contributed by atoms with Crippen molar-refractivity contribution in [3.63, 3.8) is 0 Å². The summed E-state index contributed by atoms with van der Waals surface area (Å²) < 4.78 is 5.02. The summed E-state index contributed by atoms with van der Waals surface area (Å²) >= 11 is 0. The van der Waals surface area contributed by atoms with Crippen LogP contribution in [0.2, 0.25) is 0 Å². The number of benzene rings is 1. The van der Waals surface area contributed by atoms with E-state index in [1.54, 1.807) is 29.2 Å². The molecule has 0 bridgehead atoms. The molecule has 1 aromatic rings. The highest BCUT2D eigenvalue weighted by Gasteiger charge is 2.33. The number of nitrogens with zero attached hydrogens (tertiary/aromatic N) is 3. The number of hydrogen-bond donors (Lipinski definition) is 3. The molecule has 1 aliphatic rings. The van der Waals surface area contributed by atoms with Gasteiger partial charge in [0.1, 0.15) is 6.04 Å². The van der Waals surface area contributed by atoms with Crippen LogP contribution in [0.3, 0.4) is 0 Å². The number of carbonyl (C=O) groups excluding carboxylic acids is 4. The predicted octanol–water partition coefficient (Wildman–Crippen LogP) is 1.14. The molecule has 0 radical (unpaired) electrons. The summed E-state index contributed by atoms with van der Waals surface area (Å²) in [5.74, 6) is -0.606. The minimum atomic E-state index is -0.673. The van der Waals surface area contributed by atoms with Crippen molar-refractivity contribution in [1.29, 1.82) is 0 Å². The molecular formula is C22H32N6O6. The molecule has 12 heteroatoms. The van der Waals surface area contributed by atoms with E-state index in [4.69, 9.17) is 15.3 Å². The fourth-order valence-corrected chi connectivity index (χ4v) is 2.99. The largest absolute Gasteiger partial charge is 0.466 e. The van der Waals surface area contributed by atoms with E-state index in [2.05, 4.69) is 15.8 Å². The number of hydrogen-bond acceptors (Lipinski definition) is 7. The molecular weight excluding hydrogens is 444 g/mol. The first kappa shape index (κ1) is 26.4. The van der Waals surface area contributed by atoms with E-state index in [0.717, 1.165) is 12.8 Å². The number of urea groups is 1. The van der Waals surface area contributed by atoms with Crippen LogP contribution >= 0.6 is 0 Å². The molecule has 12 nitrogen and oxygen atoms in total. The Morgan fingerprint density at radius 1 is 1.24 bits per heavy atom. The molecule has 4 amide bonds. The van der Waals surface area contributed by atoms with E-state index in [-0.39, 0.29) is 30.7 Å². The molecule has 0 spiro atoms. The van der Waals surface area contributed by atoms with Crippen LogP contribution in [0.15, 0.2) is 29.4 Å². The van der Waals surface area contributed by atoms with E-state index >= 15 is 0 Å². The number of oxime groups is 1. The summed E-state index contributed by atoms with van der Waals surface area (Å²) in [5, 5.41) is 8.80. The second-order valence-corrected chi connectivity index (χ2v) is 7.83. The van der Waals surface area contributed by atoms with E-state index in [0.29, 0.717) is 30.8 Å². The lowest BCUT2D eigenvalue weighted by atomic mass is 10.2. The predicted molar refractivity (Wildman–Crippen MR) is 125 cm³/mol. The number of unbranched alkanes of at least 4 members (excludes halogenated alkanes) is 1. The molecule has 1 aromatic carbocycles. The fourth-order valence-electron chi connectivity index (χ4n) is 2.99. The van der Waals surface area contributed by atoms with Gasteiger partial charge in [0.15, 0.2) is 5.84 Å². The third kappa shape index (κ3) is 7.94. The number of ether oxygens (including phenoxy) is 1. The zero-order valence-electron chi connectivity index (χ0n) is 19.7. The van der Waals surface area contributed by atoms with Gasteiger partial charge in [0, 0.05) is 38.4 Å². The maximum Gasteiger partial charge on any atom is 0.435 e. The molecule has 1 unspecified atom stereocenters. The Balaban J connectivity index is 1.82. The second kappa shape index (κ2) is 13.0. The van der Waals surface area contributed by atoms with Crippen LogP contribution in [0, 0.1) is 0 Å². The topological polar surface area (TPSA) is 156 Å². The van der Waals surface area contributed by atoms with Gasteiger partial charge in [-0.2, -0.15) is 0 Å². The standard InChI is InChI=1S/C22H32N6O6/c1-4-5-14-33-18(29)10-12-24-21(31)25-17-11-13-28(20(17)30)16-8-6-15(7-9-16)19(23)26-34-22(32)27(2)3/h6-9,17H,4-5,10-14H2,1-3H3,(H2,23,26)(H2,24,25,31). The van der Waals surface area contributed by atoms with Gasteiger partial charge in [-0.25, -0.2) is 9.59 Å². The number of carbonyl (C=O) groups is 4. The van der Waals surface area contributed by atoms with Gasteiger partial charge in [0.05, 0.1) is 13.0 Å². The number of esters is 1. The van der Waals surface area contributed by atoms with Gasteiger partial charge < -0.3 is 30.9 Å². The molecule has 186 valence electrons. The Kier molecular flexibility index (Phi) is 10.1. The summed E-state index contributed by atoms with van der Waals surface area (Å²) in [6.45, 7) is 2.92. The summed E-state index contributed by atoms with van der Waals surface area (Å²) in [7, 11) is 3.04. The number of amidine groups is 1. The lowest BCUT2D eigenvalue weighted by molar-refractivity contribution is -0.143. The normalized spacial score (nSPS) is 15.6. The molecule has 4 N–H and O–H groups in total. The van der Waals surface area contributed by atoms with Crippen molar-refractivity contribution in [3.8, 4) is 0 Å². The Labute approximate surface area is 198 Å². The van der Waals surface area contributed by atoms with Crippen LogP contribution < -0.4 is 21.3 Å². The molecule has 34 heavy (non-hydrogen) atoms. The molecule has 0 aromatic heterocycles. The molecule has 1 fully saturated rings. The maximum atomic E-state index is 12.7. The third-order valence-corrected chi connectivity index (χ3v) is 4.95. The lowest BCUT2D eigenvalue weighted by Crippen LogP contribution is -2.46. The second-order valence-electron chi connectivity index (χ2n) is 7.83. The number of anilines is 1. The highest BCUT2D eigenvalue weighted by Crippen LogP contribution is 2.22. The first-order chi connectivity index (χ1) is 16.2. The van der Waals surface area contributed by atoms with Crippen molar-refractivity contribution >= 4 is 35.5 Å². The van der Waals surface area contributed by atoms with Crippen molar-refractivity contribution in [2.75, 3.05) is 38.7 Å². The Hall–Kier alpha value is -3.83. The summed E-state index contributed by atoms with van der Waals surface area (Å²) in [4.78, 5) is 55.3. The molecule has 1 atom stereocenters. The molecule has 0 saturated carbocycles. The van der Waals surface area contributed by atoms with Crippen LogP contribution in [0.5, 0.6) is 0 Å². The highest BCUT2D eigenvalue weighted by molar-refractivity contribution is 6.02. The van der Waals surface area contributed by atoms with E-state index < -0.39 is 18.2 Å². The smallest absolute Gasteiger partial charge is 0.435 e. The van der Waals surface area contributed by atoms with E-state index in [1.807, 2.05) is 6.92 Å². The van der Waals surface area contributed by atoms with Crippen LogP contribution in [0.4, 0.5) is 15.3 Å². The van der Waals surface area contributed by atoms with Gasteiger partial charge in [0.25, 0.3) is 0 Å². The third-order valence-electron chi connectivity index (χ3n) is 4.95. The average molecular weight is 477 g/mol. The number of amides is 4. The Morgan fingerprint density at radius 3 is 2.59 bits per heavy atom. The monoisotopic (exact) mass is 476 g/mol. The van der Waals surface area contributed by atoms with Crippen molar-refractivity contribution < 1.29 is 28.8 Å². The van der Waals surface area contributed by atoms with E-state index in [9.17, 15) is 19.2 Å². The quantitative estimate of drug-likeness (QED) is 0.114. The van der Waals surface area contributed by atoms with Crippen molar-refractivity contribution in [3.05, 3.63) is 29.8 Å². The summed E-state index contributed by atoms with van der Waals surface area (Å²) in [6, 6.07) is 5.49. The number of nitrogens with one attached hydrogen (secondary N) is 2. The lowest BCUT2D eigenvalue weighted by Gasteiger charge is -2.18. The highest BCUT2D eigenvalue weighted by atomic mass is 16.7. The van der Waals surface area contributed by atoms with Gasteiger partial charge in [-0.1, -0.05) is 18.5 Å². The van der Waals surface area contributed by atoms with Crippen LogP contribution in [-0.2, 0) is 19.2 Å². The first-order valence-corrected chi connectivity index (χ1v) is 11.1. The summed E-state index contributed by atoms with van der Waals surface area (Å²) in [6.07, 6.45) is 1.58. The van der Waals surface area contributed by atoms with Gasteiger partial charge in [0.2, 0.25) is 5.91 Å². The van der Waals surface area contributed by atoms with Crippen molar-refractivity contribution in [2.45, 2.75) is 38.6 Å². The molecule has 0 aliphatic carbocycles. The first-order valence-electron chi connectivity index (χ1n) is 11.1. The minimum Gasteiger partial charge on any atom is -0.466 e. The zero-order valence-corrected chi connectivity index (χ0v) is 19.7. The van der Waals surface area contributed by atoms with Crippen LogP contribution in [-0.4, -0.2) is 74.6 Å². The van der Waals surface area contributed by atoms with Crippen molar-refractivity contribution in [2.24, 2.45) is 10.9 Å². The maximum absolute atomic E-state index is 12.7. The fraction of sp³-hybridized carbons (Fsp3) is 0.500. The SMILES string of the molecule is CCCCOC(=O)CCNC(=O)NC1CCN(c2ccc(C(N)=NOC(=O)N(C)C)cc2)C1=O. The molecule has 1 aliphatic heterocycles. The van der Waals surface area contributed by atoms with Gasteiger partial charge in [-0.05, 0) is 37.1 Å². The molecule has 1 saturated heterocycles. The van der Waals surface area contributed by atoms with Crippen LogP contribution in [0.25, 0.3) is 0 Å². The van der Waals surface area contributed by atoms with Gasteiger partial charge in [-0.3, -0.25) is 14.4 Å². The molecule has 2 rings (SSSR count). The van der Waals surface area contributed by atoms with Gasteiger partial charge in [-0.15, -0.1) is 0 Å². The van der Waals surface area contributed by atoms with Crippen molar-refractivity contribution in [1.82, 2.24) is 15.5 Å². The average Bonchev–Trinajstić information content (AvgIpc) is 3.17. The Bertz CT molecular complexity index is 902. The number of nitrogens with two attached hydrogens (primary N) is 1. The van der Waals surface area contributed by atoms with Gasteiger partial charge >= 0.3 is 18.1 Å². The number of rotatable bonds is 10. The van der Waals surface area contributed by atoms with Crippen LogP contribution in [0.1, 0.15) is 38.2 Å². The summed E-state index contributed by atoms with van der Waals surface area (Å²) in [5.41, 5.74) is 6.98. The minimum absolute atomic E-state index is 0.0138. The zero-order chi connectivity index (χ0) is 25.1.